The molecule has 9 heteroatoms. The lowest BCUT2D eigenvalue weighted by Gasteiger charge is -2.29. The highest BCUT2D eigenvalue weighted by Gasteiger charge is 2.19. The van der Waals surface area contributed by atoms with E-state index in [0.29, 0.717) is 19.0 Å². The van der Waals surface area contributed by atoms with Crippen LogP contribution in [-0.2, 0) is 22.3 Å². The molecule has 0 saturated carbocycles. The number of carbonyl (C=O) groups is 1. The molecule has 0 atom stereocenters. The molecule has 3 heterocycles. The lowest BCUT2D eigenvalue weighted by Crippen LogP contribution is -2.44. The number of rotatable bonds is 7. The smallest absolute Gasteiger partial charge is 0.319 e. The third kappa shape index (κ3) is 7.21. The first-order valence-corrected chi connectivity index (χ1v) is 14.0. The van der Waals surface area contributed by atoms with Gasteiger partial charge < -0.3 is 25.2 Å². The van der Waals surface area contributed by atoms with Crippen LogP contribution in [0, 0.1) is 0 Å². The Bertz CT molecular complexity index is 1160. The average Bonchev–Trinajstić information content (AvgIpc) is 2.94. The fourth-order valence-electron chi connectivity index (χ4n) is 4.56. The van der Waals surface area contributed by atoms with Gasteiger partial charge in [0.1, 0.15) is 5.82 Å². The molecule has 194 valence electrons. The Morgan fingerprint density at radius 3 is 2.46 bits per heavy atom. The number of amides is 2. The van der Waals surface area contributed by atoms with E-state index in [9.17, 15) is 4.79 Å². The highest BCUT2D eigenvalue weighted by atomic mass is 32.2. The van der Waals surface area contributed by atoms with Crippen molar-refractivity contribution >= 4 is 29.3 Å². The molecule has 5 rings (SSSR count). The van der Waals surface area contributed by atoms with Crippen LogP contribution in [0.5, 0.6) is 0 Å². The standard InChI is InChI=1S/C28H34N6O2S/c1-33-13-11-23(12-14-33)31-28(35)30-22-9-7-21(8-10-22)27-29-24(20-37-25-5-3-2-4-6-25)19-26(32-27)34-15-17-36-18-16-34/h2-10,19,23H,11-18,20H2,1H3,(H2,30,31,35)/p+1. The highest BCUT2D eigenvalue weighted by molar-refractivity contribution is 7.77. The number of benzene rings is 2. The van der Waals surface area contributed by atoms with Gasteiger partial charge in [0, 0.05) is 48.2 Å². The van der Waals surface area contributed by atoms with Gasteiger partial charge in [-0.1, -0.05) is 18.2 Å². The maximum atomic E-state index is 12.5. The van der Waals surface area contributed by atoms with Crippen LogP contribution < -0.4 is 15.5 Å². The molecule has 2 aliphatic heterocycles. The van der Waals surface area contributed by atoms with Crippen molar-refractivity contribution < 1.29 is 9.53 Å². The number of piperidine rings is 1. The van der Waals surface area contributed by atoms with Crippen LogP contribution in [0.4, 0.5) is 16.3 Å². The first-order chi connectivity index (χ1) is 18.1. The molecule has 2 fully saturated rings. The number of aromatic nitrogens is 2. The van der Waals surface area contributed by atoms with E-state index in [2.05, 4.69) is 57.8 Å². The van der Waals surface area contributed by atoms with Crippen LogP contribution >= 0.6 is 0 Å². The Morgan fingerprint density at radius 1 is 1.00 bits per heavy atom. The minimum absolute atomic E-state index is 0.157. The molecule has 1 aromatic heterocycles. The van der Waals surface area contributed by atoms with Crippen molar-refractivity contribution in [3.63, 3.8) is 0 Å². The molecule has 2 N–H and O–H groups in total. The zero-order chi connectivity index (χ0) is 25.5. The third-order valence-corrected chi connectivity index (χ3v) is 7.88. The van der Waals surface area contributed by atoms with Gasteiger partial charge >= 0.3 is 6.03 Å². The second kappa shape index (κ2) is 12.4. The number of likely N-dealkylation sites (tertiary alicyclic amines) is 1. The van der Waals surface area contributed by atoms with E-state index in [-0.39, 0.29) is 12.1 Å². The number of ether oxygens (including phenoxy) is 1. The number of urea groups is 1. The number of hydrogen-bond acceptors (Lipinski definition) is 6. The topological polar surface area (TPSA) is 82.6 Å². The highest BCUT2D eigenvalue weighted by Crippen LogP contribution is 2.24. The number of carbonyl (C=O) groups excluding carboxylic acids is 1. The maximum absolute atomic E-state index is 12.5. The van der Waals surface area contributed by atoms with E-state index < -0.39 is 0 Å². The van der Waals surface area contributed by atoms with E-state index in [0.717, 1.165) is 67.5 Å². The molecule has 2 amide bonds. The zero-order valence-electron chi connectivity index (χ0n) is 21.3. The van der Waals surface area contributed by atoms with E-state index in [1.165, 1.54) is 16.7 Å². The molecular formula is C28H35N6O2S+. The molecule has 2 aliphatic rings. The SMILES string of the molecule is CN1CCC(NC(=O)Nc2ccc(-c3nc(C[SH+]c4ccccc4)cc(N4CCOCC4)n3)cc2)CC1. The molecule has 0 spiro atoms. The molecule has 0 unspecified atom stereocenters. The molecular weight excluding hydrogens is 484 g/mol. The van der Waals surface area contributed by atoms with Gasteiger partial charge in [0.25, 0.3) is 0 Å². The lowest BCUT2D eigenvalue weighted by molar-refractivity contribution is 0.122. The molecule has 3 aromatic rings. The molecule has 0 bridgehead atoms. The number of thiol groups is 1. The predicted molar refractivity (Wildman–Crippen MR) is 150 cm³/mol. The van der Waals surface area contributed by atoms with E-state index in [4.69, 9.17) is 14.7 Å². The molecule has 0 aliphatic carbocycles. The Morgan fingerprint density at radius 2 is 1.73 bits per heavy atom. The Labute approximate surface area is 222 Å². The largest absolute Gasteiger partial charge is 0.378 e. The van der Waals surface area contributed by atoms with Crippen molar-refractivity contribution in [2.75, 3.05) is 56.7 Å². The van der Waals surface area contributed by atoms with Crippen molar-refractivity contribution in [1.82, 2.24) is 20.2 Å². The summed E-state index contributed by atoms with van der Waals surface area (Å²) in [5, 5.41) is 6.06. The first kappa shape index (κ1) is 25.5. The lowest BCUT2D eigenvalue weighted by atomic mass is 10.1. The number of morpholine rings is 1. The van der Waals surface area contributed by atoms with Crippen LogP contribution in [0.25, 0.3) is 11.4 Å². The van der Waals surface area contributed by atoms with E-state index in [1.54, 1.807) is 0 Å². The summed E-state index contributed by atoms with van der Waals surface area (Å²) in [6.07, 6.45) is 1.96. The normalized spacial score (nSPS) is 16.9. The Hall–Kier alpha value is -3.14. The summed E-state index contributed by atoms with van der Waals surface area (Å²) in [6.45, 7) is 5.07. The van der Waals surface area contributed by atoms with Gasteiger partial charge in [-0.2, -0.15) is 0 Å². The van der Waals surface area contributed by atoms with E-state index >= 15 is 0 Å². The summed E-state index contributed by atoms with van der Waals surface area (Å²) >= 11 is 1.21. The summed E-state index contributed by atoms with van der Waals surface area (Å²) in [5.74, 6) is 2.45. The van der Waals surface area contributed by atoms with Crippen molar-refractivity contribution in [2.45, 2.75) is 29.5 Å². The fourth-order valence-corrected chi connectivity index (χ4v) is 5.45. The van der Waals surface area contributed by atoms with Crippen molar-refractivity contribution in [1.29, 1.82) is 0 Å². The van der Waals surface area contributed by atoms with Crippen LogP contribution in [0.3, 0.4) is 0 Å². The van der Waals surface area contributed by atoms with Crippen molar-refractivity contribution in [3.8, 4) is 11.4 Å². The number of nitrogens with zero attached hydrogens (tertiary/aromatic N) is 4. The van der Waals surface area contributed by atoms with Gasteiger partial charge in [-0.05, 0) is 69.4 Å². The van der Waals surface area contributed by atoms with Crippen LogP contribution in [0.15, 0.2) is 65.6 Å². The van der Waals surface area contributed by atoms with Crippen molar-refractivity contribution in [3.05, 3.63) is 66.4 Å². The van der Waals surface area contributed by atoms with Crippen LogP contribution in [0.1, 0.15) is 18.5 Å². The van der Waals surface area contributed by atoms with Gasteiger partial charge in [0.15, 0.2) is 16.5 Å². The summed E-state index contributed by atoms with van der Waals surface area (Å²) in [7, 11) is 2.12. The average molecular weight is 520 g/mol. The van der Waals surface area contributed by atoms with E-state index in [1.807, 2.05) is 30.3 Å². The van der Waals surface area contributed by atoms with Gasteiger partial charge in [-0.3, -0.25) is 0 Å². The third-order valence-electron chi connectivity index (χ3n) is 6.74. The quantitative estimate of drug-likeness (QED) is 0.367. The first-order valence-electron chi connectivity index (χ1n) is 12.9. The summed E-state index contributed by atoms with van der Waals surface area (Å²) < 4.78 is 5.54. The second-order valence-corrected chi connectivity index (χ2v) is 10.7. The second-order valence-electron chi connectivity index (χ2n) is 9.55. The van der Waals surface area contributed by atoms with Gasteiger partial charge in [-0.25, -0.2) is 14.8 Å². The molecule has 8 nitrogen and oxygen atoms in total. The predicted octanol–water partition coefficient (Wildman–Crippen LogP) is 3.57. The van der Waals surface area contributed by atoms with Crippen molar-refractivity contribution in [2.24, 2.45) is 0 Å². The summed E-state index contributed by atoms with van der Waals surface area (Å²) in [5.41, 5.74) is 2.69. The maximum Gasteiger partial charge on any atom is 0.319 e. The van der Waals surface area contributed by atoms with Gasteiger partial charge in [0.2, 0.25) is 0 Å². The summed E-state index contributed by atoms with van der Waals surface area (Å²) in [4.78, 5) is 28.1. The number of nitrogens with one attached hydrogen (secondary N) is 2. The molecule has 0 radical (unpaired) electrons. The van der Waals surface area contributed by atoms with Crippen LogP contribution in [-0.4, -0.2) is 73.4 Å². The number of hydrogen-bond donors (Lipinski definition) is 2. The minimum atomic E-state index is -0.157. The zero-order valence-corrected chi connectivity index (χ0v) is 22.2. The molecule has 2 saturated heterocycles. The minimum Gasteiger partial charge on any atom is -0.378 e. The molecule has 37 heavy (non-hydrogen) atoms. The van der Waals surface area contributed by atoms with Crippen LogP contribution in [0.2, 0.25) is 0 Å². The monoisotopic (exact) mass is 519 g/mol. The van der Waals surface area contributed by atoms with Gasteiger partial charge in [-0.15, -0.1) is 0 Å². The molecule has 2 aromatic carbocycles. The Kier molecular flexibility index (Phi) is 8.55. The number of anilines is 2. The summed E-state index contributed by atoms with van der Waals surface area (Å²) in [6, 6.07) is 20.4. The Balaban J connectivity index is 1.28. The fraction of sp³-hybridized carbons (Fsp3) is 0.393. The van der Waals surface area contributed by atoms with Gasteiger partial charge in [0.05, 0.1) is 18.9 Å².